The zero-order valence-electron chi connectivity index (χ0n) is 16.5. The van der Waals surface area contributed by atoms with Crippen LogP contribution in [0, 0.1) is 0 Å². The lowest BCUT2D eigenvalue weighted by Crippen LogP contribution is -2.17. The van der Waals surface area contributed by atoms with Crippen LogP contribution in [-0.4, -0.2) is 35.2 Å². The number of benzene rings is 2. The molecular weight excluding hydrogens is 519 g/mol. The first-order chi connectivity index (χ1) is 16.1. The number of hydrogen-bond acceptors (Lipinski definition) is 9. The molecule has 0 fully saturated rings. The Morgan fingerprint density at radius 3 is 2.44 bits per heavy atom. The average molecular weight is 530 g/mol. The van der Waals surface area contributed by atoms with Gasteiger partial charge in [-0.25, -0.2) is 8.42 Å². The molecule has 176 valence electrons. The van der Waals surface area contributed by atoms with Crippen LogP contribution in [0.1, 0.15) is 0 Å². The molecule has 34 heavy (non-hydrogen) atoms. The summed E-state index contributed by atoms with van der Waals surface area (Å²) in [6.07, 6.45) is -2.20. The SMILES string of the molecule is O=S(=O)(Nc1nncs1)c1ccc(Oc2ccc(OC(F)(F)F)cc2-c2ccnnc2)c(Cl)c1. The molecule has 4 rings (SSSR count). The summed E-state index contributed by atoms with van der Waals surface area (Å²) in [6, 6.07) is 8.69. The van der Waals surface area contributed by atoms with Crippen LogP contribution in [0.3, 0.4) is 0 Å². The molecule has 0 spiro atoms. The first-order valence-corrected chi connectivity index (χ1v) is 11.8. The molecule has 0 aliphatic heterocycles. The lowest BCUT2D eigenvalue weighted by atomic mass is 10.1. The predicted octanol–water partition coefficient (Wildman–Crippen LogP) is 5.14. The van der Waals surface area contributed by atoms with E-state index in [1.54, 1.807) is 0 Å². The number of nitrogens with one attached hydrogen (secondary N) is 1. The molecular formula is C19H11ClF3N5O4S2. The molecule has 15 heteroatoms. The van der Waals surface area contributed by atoms with Crippen LogP contribution < -0.4 is 14.2 Å². The smallest absolute Gasteiger partial charge is 0.455 e. The van der Waals surface area contributed by atoms with Gasteiger partial charge in [0.1, 0.15) is 22.8 Å². The highest BCUT2D eigenvalue weighted by molar-refractivity contribution is 7.93. The van der Waals surface area contributed by atoms with Crippen LogP contribution in [0.15, 0.2) is 65.3 Å². The summed E-state index contributed by atoms with van der Waals surface area (Å²) >= 11 is 7.24. The van der Waals surface area contributed by atoms with E-state index in [2.05, 4.69) is 29.9 Å². The van der Waals surface area contributed by atoms with Crippen molar-refractivity contribution in [3.05, 3.63) is 65.4 Å². The third kappa shape index (κ3) is 5.70. The molecule has 0 saturated carbocycles. The van der Waals surface area contributed by atoms with Crippen LogP contribution in [0.2, 0.25) is 5.02 Å². The summed E-state index contributed by atoms with van der Waals surface area (Å²) in [5, 5.41) is 14.6. The summed E-state index contributed by atoms with van der Waals surface area (Å²) in [6.45, 7) is 0. The molecule has 2 heterocycles. The van der Waals surface area contributed by atoms with Crippen molar-refractivity contribution in [2.45, 2.75) is 11.3 Å². The second-order valence-electron chi connectivity index (χ2n) is 6.38. The number of sulfonamides is 1. The third-order valence-corrected chi connectivity index (χ3v) is 6.46. The molecule has 0 unspecified atom stereocenters. The first-order valence-electron chi connectivity index (χ1n) is 9.04. The lowest BCUT2D eigenvalue weighted by Gasteiger charge is -2.15. The van der Waals surface area contributed by atoms with Crippen LogP contribution in [0.25, 0.3) is 11.1 Å². The molecule has 9 nitrogen and oxygen atoms in total. The number of nitrogens with zero attached hydrogens (tertiary/aromatic N) is 4. The lowest BCUT2D eigenvalue weighted by molar-refractivity contribution is -0.274. The maximum Gasteiger partial charge on any atom is 0.573 e. The van der Waals surface area contributed by atoms with Gasteiger partial charge in [0.05, 0.1) is 22.3 Å². The summed E-state index contributed by atoms with van der Waals surface area (Å²) < 4.78 is 75.1. The Morgan fingerprint density at radius 2 is 1.79 bits per heavy atom. The van der Waals surface area contributed by atoms with E-state index < -0.39 is 22.1 Å². The van der Waals surface area contributed by atoms with Crippen molar-refractivity contribution in [1.82, 2.24) is 20.4 Å². The number of hydrogen-bond donors (Lipinski definition) is 1. The van der Waals surface area contributed by atoms with E-state index >= 15 is 0 Å². The van der Waals surface area contributed by atoms with Gasteiger partial charge in [-0.1, -0.05) is 22.9 Å². The number of halogens is 4. The fraction of sp³-hybridized carbons (Fsp3) is 0.0526. The Balaban J connectivity index is 1.65. The van der Waals surface area contributed by atoms with Crippen molar-refractivity contribution in [2.75, 3.05) is 4.72 Å². The highest BCUT2D eigenvalue weighted by Crippen LogP contribution is 2.39. The van der Waals surface area contributed by atoms with E-state index in [1.807, 2.05) is 0 Å². The molecule has 0 bridgehead atoms. The van der Waals surface area contributed by atoms with Crippen molar-refractivity contribution >= 4 is 38.1 Å². The number of rotatable bonds is 7. The molecule has 2 aromatic heterocycles. The van der Waals surface area contributed by atoms with Crippen molar-refractivity contribution in [1.29, 1.82) is 0 Å². The van der Waals surface area contributed by atoms with E-state index in [1.165, 1.54) is 42.2 Å². The summed E-state index contributed by atoms with van der Waals surface area (Å²) in [5.74, 6) is -0.293. The van der Waals surface area contributed by atoms with Crippen LogP contribution in [0.4, 0.5) is 18.3 Å². The molecule has 0 amide bonds. The van der Waals surface area contributed by atoms with Gasteiger partial charge in [0.2, 0.25) is 5.13 Å². The predicted molar refractivity (Wildman–Crippen MR) is 116 cm³/mol. The molecule has 0 aliphatic rings. The number of alkyl halides is 3. The maximum absolute atomic E-state index is 12.7. The second kappa shape index (κ2) is 9.40. The number of anilines is 1. The molecule has 2 aromatic carbocycles. The summed E-state index contributed by atoms with van der Waals surface area (Å²) in [7, 11) is -3.99. The average Bonchev–Trinajstić information content (AvgIpc) is 3.28. The first kappa shape index (κ1) is 23.7. The summed E-state index contributed by atoms with van der Waals surface area (Å²) in [5.41, 5.74) is 1.97. The Kier molecular flexibility index (Phi) is 6.54. The van der Waals surface area contributed by atoms with Gasteiger partial charge in [0, 0.05) is 11.1 Å². The van der Waals surface area contributed by atoms with E-state index in [0.717, 1.165) is 29.5 Å². The second-order valence-corrected chi connectivity index (χ2v) is 9.30. The monoisotopic (exact) mass is 529 g/mol. The van der Waals surface area contributed by atoms with Gasteiger partial charge < -0.3 is 9.47 Å². The van der Waals surface area contributed by atoms with Gasteiger partial charge in [-0.2, -0.15) is 10.2 Å². The summed E-state index contributed by atoms with van der Waals surface area (Å²) in [4.78, 5) is -0.160. The quantitative estimate of drug-likeness (QED) is 0.350. The van der Waals surface area contributed by atoms with E-state index in [9.17, 15) is 21.6 Å². The molecule has 0 aliphatic carbocycles. The minimum absolute atomic E-state index is 0.0595. The molecule has 0 radical (unpaired) electrons. The molecule has 1 N–H and O–H groups in total. The van der Waals surface area contributed by atoms with E-state index in [-0.39, 0.29) is 32.1 Å². The fourth-order valence-corrected chi connectivity index (χ4v) is 4.71. The van der Waals surface area contributed by atoms with Crippen molar-refractivity contribution in [2.24, 2.45) is 0 Å². The Labute approximate surface area is 199 Å². The van der Waals surface area contributed by atoms with Crippen LogP contribution in [-0.2, 0) is 10.0 Å². The molecule has 0 atom stereocenters. The highest BCUT2D eigenvalue weighted by atomic mass is 35.5. The Bertz CT molecular complexity index is 1410. The van der Waals surface area contributed by atoms with Crippen molar-refractivity contribution < 1.29 is 31.1 Å². The number of ether oxygens (including phenoxy) is 2. The highest BCUT2D eigenvalue weighted by Gasteiger charge is 2.31. The molecule has 0 saturated heterocycles. The van der Waals surface area contributed by atoms with Crippen molar-refractivity contribution in [3.63, 3.8) is 0 Å². The van der Waals surface area contributed by atoms with Gasteiger partial charge in [0.15, 0.2) is 0 Å². The van der Waals surface area contributed by atoms with Gasteiger partial charge in [-0.15, -0.1) is 23.4 Å². The zero-order valence-corrected chi connectivity index (χ0v) is 18.9. The Morgan fingerprint density at radius 1 is 1.00 bits per heavy atom. The van der Waals surface area contributed by atoms with Crippen molar-refractivity contribution in [3.8, 4) is 28.4 Å². The third-order valence-electron chi connectivity index (χ3n) is 4.10. The largest absolute Gasteiger partial charge is 0.573 e. The fourth-order valence-electron chi connectivity index (χ4n) is 2.71. The van der Waals surface area contributed by atoms with Gasteiger partial charge in [-0.05, 0) is 42.5 Å². The topological polar surface area (TPSA) is 116 Å². The van der Waals surface area contributed by atoms with E-state index in [0.29, 0.717) is 5.56 Å². The Hall–Kier alpha value is -3.49. The van der Waals surface area contributed by atoms with Gasteiger partial charge in [-0.3, -0.25) is 4.72 Å². The maximum atomic E-state index is 12.7. The van der Waals surface area contributed by atoms with Crippen LogP contribution >= 0.6 is 22.9 Å². The van der Waals surface area contributed by atoms with E-state index in [4.69, 9.17) is 16.3 Å². The normalized spacial score (nSPS) is 11.8. The standard InChI is InChI=1S/C19H11ClF3N5O4S2/c20-15-8-13(34(29,30)28-18-27-26-10-33-18)2-4-17(15)31-16-3-1-12(32-19(21,22)23)7-14(16)11-5-6-24-25-9-11/h1-10H,(H,27,28). The number of aromatic nitrogens is 4. The minimum Gasteiger partial charge on any atom is -0.455 e. The van der Waals surface area contributed by atoms with Gasteiger partial charge in [0.25, 0.3) is 10.0 Å². The molecule has 4 aromatic rings. The van der Waals surface area contributed by atoms with Crippen LogP contribution in [0.5, 0.6) is 17.2 Å². The zero-order chi connectivity index (χ0) is 24.3. The van der Waals surface area contributed by atoms with Gasteiger partial charge >= 0.3 is 6.36 Å². The minimum atomic E-state index is -4.89.